The molecule has 0 saturated carbocycles. The van der Waals surface area contributed by atoms with E-state index in [1.807, 2.05) is 24.3 Å². The molecule has 5 nitrogen and oxygen atoms in total. The topological polar surface area (TPSA) is 70.1 Å². The lowest BCUT2D eigenvalue weighted by Gasteiger charge is -2.14. The number of hydrogen-bond donors (Lipinski definition) is 1. The molecule has 1 aromatic carbocycles. The Morgan fingerprint density at radius 3 is 2.63 bits per heavy atom. The first-order valence-electron chi connectivity index (χ1n) is 6.03. The minimum atomic E-state index is -0.256. The summed E-state index contributed by atoms with van der Waals surface area (Å²) in [6, 6.07) is 8.75. The number of methoxy groups -OCH3 is 1. The minimum absolute atomic E-state index is 0.0866. The Bertz CT molecular complexity index is 605. The summed E-state index contributed by atoms with van der Waals surface area (Å²) in [5.74, 6) is 0.783. The molecule has 2 rings (SSSR count). The van der Waals surface area contributed by atoms with Crippen LogP contribution in [-0.2, 0) is 6.54 Å². The van der Waals surface area contributed by atoms with Gasteiger partial charge in [-0.05, 0) is 24.6 Å². The van der Waals surface area contributed by atoms with Gasteiger partial charge in [0.1, 0.15) is 5.75 Å². The van der Waals surface area contributed by atoms with Crippen LogP contribution in [0.15, 0.2) is 41.5 Å². The summed E-state index contributed by atoms with van der Waals surface area (Å²) >= 11 is 0. The molecule has 100 valence electrons. The van der Waals surface area contributed by atoms with Crippen LogP contribution in [0.3, 0.4) is 0 Å². The molecular weight excluding hydrogens is 242 g/mol. The van der Waals surface area contributed by atoms with E-state index in [0.717, 1.165) is 11.3 Å². The summed E-state index contributed by atoms with van der Waals surface area (Å²) in [5, 5.41) is 0. The molecule has 0 aliphatic rings. The molecule has 0 radical (unpaired) electrons. The van der Waals surface area contributed by atoms with Crippen LogP contribution in [0, 0.1) is 6.92 Å². The zero-order valence-electron chi connectivity index (χ0n) is 11.0. The largest absolute Gasteiger partial charge is 0.497 e. The second-order valence-electron chi connectivity index (χ2n) is 4.40. The molecule has 1 aromatic heterocycles. The number of nitrogens with zero attached hydrogens (tertiary/aromatic N) is 2. The molecule has 2 N–H and O–H groups in total. The van der Waals surface area contributed by atoms with Crippen LogP contribution in [-0.4, -0.2) is 16.7 Å². The van der Waals surface area contributed by atoms with E-state index in [2.05, 4.69) is 4.98 Å². The Kier molecular flexibility index (Phi) is 3.97. The maximum atomic E-state index is 11.8. The normalized spacial score (nSPS) is 12.2. The van der Waals surface area contributed by atoms with Crippen LogP contribution >= 0.6 is 0 Å². The number of ether oxygens (including phenoxy) is 1. The molecule has 0 aliphatic heterocycles. The van der Waals surface area contributed by atoms with Gasteiger partial charge in [0.2, 0.25) is 0 Å². The quantitative estimate of drug-likeness (QED) is 0.897. The number of aromatic nitrogens is 2. The van der Waals surface area contributed by atoms with E-state index in [-0.39, 0.29) is 11.6 Å². The van der Waals surface area contributed by atoms with E-state index in [4.69, 9.17) is 10.5 Å². The van der Waals surface area contributed by atoms with Gasteiger partial charge in [0, 0.05) is 24.3 Å². The maximum Gasteiger partial charge on any atom is 0.253 e. The second kappa shape index (κ2) is 5.67. The first kappa shape index (κ1) is 13.3. The van der Waals surface area contributed by atoms with E-state index in [1.54, 1.807) is 14.0 Å². The summed E-state index contributed by atoms with van der Waals surface area (Å²) in [5.41, 5.74) is 7.67. The van der Waals surface area contributed by atoms with E-state index in [1.165, 1.54) is 17.0 Å². The Balaban J connectivity index is 2.15. The molecule has 0 amide bonds. The molecule has 0 fully saturated rings. The lowest BCUT2D eigenvalue weighted by molar-refractivity contribution is 0.414. The lowest BCUT2D eigenvalue weighted by Crippen LogP contribution is -2.26. The van der Waals surface area contributed by atoms with Gasteiger partial charge in [0.15, 0.2) is 0 Å². The van der Waals surface area contributed by atoms with Crippen LogP contribution in [0.25, 0.3) is 0 Å². The predicted octanol–water partition coefficient (Wildman–Crippen LogP) is 1.26. The Labute approximate surface area is 111 Å². The van der Waals surface area contributed by atoms with Crippen molar-refractivity contribution < 1.29 is 4.74 Å². The number of aryl methyl sites for hydroxylation is 1. The van der Waals surface area contributed by atoms with Crippen LogP contribution in [0.2, 0.25) is 0 Å². The fourth-order valence-electron chi connectivity index (χ4n) is 1.82. The fraction of sp³-hybridized carbons (Fsp3) is 0.286. The standard InChI is InChI=1S/C14H17N3O2/c1-10-7-14(18)17(9-16-10)8-13(15)11-3-5-12(19-2)6-4-11/h3-7,9,13H,8,15H2,1-2H3. The van der Waals surface area contributed by atoms with Crippen molar-refractivity contribution in [1.82, 2.24) is 9.55 Å². The highest BCUT2D eigenvalue weighted by Gasteiger charge is 2.08. The van der Waals surface area contributed by atoms with Gasteiger partial charge >= 0.3 is 0 Å². The zero-order chi connectivity index (χ0) is 13.8. The summed E-state index contributed by atoms with van der Waals surface area (Å²) in [6.45, 7) is 2.19. The Morgan fingerprint density at radius 1 is 1.37 bits per heavy atom. The molecule has 2 aromatic rings. The number of nitrogens with two attached hydrogens (primary N) is 1. The van der Waals surface area contributed by atoms with Crippen molar-refractivity contribution in [1.29, 1.82) is 0 Å². The highest BCUT2D eigenvalue weighted by atomic mass is 16.5. The molecule has 1 heterocycles. The van der Waals surface area contributed by atoms with E-state index in [0.29, 0.717) is 12.2 Å². The third-order valence-electron chi connectivity index (χ3n) is 2.95. The smallest absolute Gasteiger partial charge is 0.253 e. The molecule has 0 saturated heterocycles. The van der Waals surface area contributed by atoms with Gasteiger partial charge in [0.25, 0.3) is 5.56 Å². The van der Waals surface area contributed by atoms with Crippen LogP contribution in [0.4, 0.5) is 0 Å². The maximum absolute atomic E-state index is 11.8. The number of benzene rings is 1. The average molecular weight is 259 g/mol. The van der Waals surface area contributed by atoms with Crippen molar-refractivity contribution in [3.05, 3.63) is 58.3 Å². The van der Waals surface area contributed by atoms with E-state index in [9.17, 15) is 4.79 Å². The second-order valence-corrected chi connectivity index (χ2v) is 4.40. The van der Waals surface area contributed by atoms with E-state index >= 15 is 0 Å². The van der Waals surface area contributed by atoms with Crippen LogP contribution in [0.5, 0.6) is 5.75 Å². The Morgan fingerprint density at radius 2 is 2.05 bits per heavy atom. The SMILES string of the molecule is COc1ccc(C(N)Cn2cnc(C)cc2=O)cc1. The third kappa shape index (κ3) is 3.20. The molecule has 0 spiro atoms. The highest BCUT2D eigenvalue weighted by molar-refractivity contribution is 5.28. The van der Waals surface area contributed by atoms with E-state index < -0.39 is 0 Å². The van der Waals surface area contributed by atoms with Gasteiger partial charge < -0.3 is 10.5 Å². The molecule has 1 unspecified atom stereocenters. The summed E-state index contributed by atoms with van der Waals surface area (Å²) in [7, 11) is 1.62. The molecule has 0 aliphatic carbocycles. The van der Waals surface area contributed by atoms with Crippen molar-refractivity contribution in [2.24, 2.45) is 5.73 Å². The molecule has 19 heavy (non-hydrogen) atoms. The third-order valence-corrected chi connectivity index (χ3v) is 2.95. The highest BCUT2D eigenvalue weighted by Crippen LogP contribution is 2.16. The summed E-state index contributed by atoms with van der Waals surface area (Å²) in [6.07, 6.45) is 1.53. The monoisotopic (exact) mass is 259 g/mol. The van der Waals surface area contributed by atoms with Crippen molar-refractivity contribution in [3.8, 4) is 5.75 Å². The predicted molar refractivity (Wildman–Crippen MR) is 73.2 cm³/mol. The van der Waals surface area contributed by atoms with Crippen molar-refractivity contribution in [3.63, 3.8) is 0 Å². The first-order valence-corrected chi connectivity index (χ1v) is 6.03. The minimum Gasteiger partial charge on any atom is -0.497 e. The van der Waals surface area contributed by atoms with Crippen molar-refractivity contribution >= 4 is 0 Å². The molecule has 1 atom stereocenters. The van der Waals surface area contributed by atoms with Gasteiger partial charge in [0.05, 0.1) is 13.4 Å². The summed E-state index contributed by atoms with van der Waals surface area (Å²) < 4.78 is 6.61. The van der Waals surface area contributed by atoms with Gasteiger partial charge in [-0.3, -0.25) is 9.36 Å². The zero-order valence-corrected chi connectivity index (χ0v) is 11.0. The average Bonchev–Trinajstić information content (AvgIpc) is 2.42. The van der Waals surface area contributed by atoms with Crippen molar-refractivity contribution in [2.75, 3.05) is 7.11 Å². The fourth-order valence-corrected chi connectivity index (χ4v) is 1.82. The van der Waals surface area contributed by atoms with Crippen LogP contribution < -0.4 is 16.0 Å². The van der Waals surface area contributed by atoms with Gasteiger partial charge in [-0.25, -0.2) is 4.98 Å². The lowest BCUT2D eigenvalue weighted by atomic mass is 10.1. The first-order chi connectivity index (χ1) is 9.10. The number of hydrogen-bond acceptors (Lipinski definition) is 4. The van der Waals surface area contributed by atoms with Crippen molar-refractivity contribution in [2.45, 2.75) is 19.5 Å². The molecular formula is C14H17N3O2. The molecule has 5 heteroatoms. The Hall–Kier alpha value is -2.14. The van der Waals surface area contributed by atoms with Gasteiger partial charge in [-0.2, -0.15) is 0 Å². The molecule has 0 bridgehead atoms. The summed E-state index contributed by atoms with van der Waals surface area (Å²) in [4.78, 5) is 15.9. The number of rotatable bonds is 4. The van der Waals surface area contributed by atoms with Gasteiger partial charge in [-0.15, -0.1) is 0 Å². The van der Waals surface area contributed by atoms with Gasteiger partial charge in [-0.1, -0.05) is 12.1 Å². The van der Waals surface area contributed by atoms with Crippen LogP contribution in [0.1, 0.15) is 17.3 Å².